The topological polar surface area (TPSA) is 340 Å². The van der Waals surface area contributed by atoms with E-state index in [1.807, 2.05) is 0 Å². The molecule has 314 valence electrons. The third-order valence-electron chi connectivity index (χ3n) is 8.05. The van der Waals surface area contributed by atoms with Crippen LogP contribution < -0.4 is 43.8 Å². The standard InChI is InChI=1S/C36H59N9O11/c1-20(2)28(32(52)43-26(33(53)54)19-21-11-13-22(46)14-12-21)45-31(51)25(15-16-27(47)48)42-29(49)23(9-6-7-17-37)41-30(50)24(10-8-18-40-34(38)39)44-35(55)56-36(3,4)5/h11-14,20,23-26,28,46H,6-10,15-19,37H2,1-5H3,(H,41,50)(H,42,49)(H,43,52)(H,44,55)(H,45,51)(H,47,48)(H,53,54)(H4,38,39,40). The first-order chi connectivity index (χ1) is 26.1. The third-order valence-corrected chi connectivity index (χ3v) is 8.05. The number of alkyl carbamates (subject to hydrolysis) is 1. The van der Waals surface area contributed by atoms with E-state index in [1.165, 1.54) is 24.3 Å². The van der Waals surface area contributed by atoms with E-state index in [1.54, 1.807) is 34.6 Å². The molecule has 0 fully saturated rings. The molecule has 5 amide bonds. The molecule has 0 spiro atoms. The highest BCUT2D eigenvalue weighted by atomic mass is 16.6. The molecule has 0 aliphatic carbocycles. The molecule has 0 saturated heterocycles. The van der Waals surface area contributed by atoms with Crippen molar-refractivity contribution in [1.82, 2.24) is 26.6 Å². The number of carbonyl (C=O) groups is 7. The number of aromatic hydroxyl groups is 1. The maximum atomic E-state index is 13.8. The van der Waals surface area contributed by atoms with E-state index in [2.05, 4.69) is 31.6 Å². The summed E-state index contributed by atoms with van der Waals surface area (Å²) in [6.45, 7) is 8.50. The number of carboxylic acid groups (broad SMARTS) is 2. The van der Waals surface area contributed by atoms with E-state index in [-0.39, 0.29) is 50.5 Å². The maximum absolute atomic E-state index is 13.8. The van der Waals surface area contributed by atoms with Crippen molar-refractivity contribution in [2.75, 3.05) is 13.1 Å². The number of guanidine groups is 1. The van der Waals surface area contributed by atoms with Gasteiger partial charge >= 0.3 is 18.0 Å². The predicted molar refractivity (Wildman–Crippen MR) is 205 cm³/mol. The van der Waals surface area contributed by atoms with Gasteiger partial charge in [-0.2, -0.15) is 0 Å². The van der Waals surface area contributed by atoms with E-state index < -0.39 is 96.2 Å². The zero-order valence-corrected chi connectivity index (χ0v) is 32.6. The minimum Gasteiger partial charge on any atom is -0.508 e. The van der Waals surface area contributed by atoms with Gasteiger partial charge in [0.15, 0.2) is 5.96 Å². The summed E-state index contributed by atoms with van der Waals surface area (Å²) in [6.07, 6.45) is -0.839. The molecule has 5 unspecified atom stereocenters. The van der Waals surface area contributed by atoms with Crippen molar-refractivity contribution in [3.05, 3.63) is 29.8 Å². The van der Waals surface area contributed by atoms with Crippen LogP contribution in [0.25, 0.3) is 0 Å². The molecule has 56 heavy (non-hydrogen) atoms. The van der Waals surface area contributed by atoms with Crippen LogP contribution in [0.2, 0.25) is 0 Å². The summed E-state index contributed by atoms with van der Waals surface area (Å²) in [5.41, 5.74) is 16.0. The zero-order chi connectivity index (χ0) is 42.6. The molecule has 20 heteroatoms. The molecular weight excluding hydrogens is 734 g/mol. The van der Waals surface area contributed by atoms with Crippen molar-refractivity contribution >= 4 is 47.6 Å². The van der Waals surface area contributed by atoms with Crippen molar-refractivity contribution in [2.24, 2.45) is 28.1 Å². The Balaban J connectivity index is 3.29. The molecule has 1 aromatic rings. The summed E-state index contributed by atoms with van der Waals surface area (Å²) in [5.74, 6) is -6.84. The SMILES string of the molecule is CC(C)C(NC(=O)C(CCC(=O)O)NC(=O)C(CCCCN)NC(=O)C(CCCN=C(N)N)NC(=O)OC(C)(C)C)C(=O)NC(Cc1ccc(O)cc1)C(=O)O. The molecule has 0 radical (unpaired) electrons. The van der Waals surface area contributed by atoms with Crippen LogP contribution in [0, 0.1) is 5.92 Å². The number of unbranched alkanes of at least 4 members (excludes halogenated alkanes) is 1. The smallest absolute Gasteiger partial charge is 0.408 e. The van der Waals surface area contributed by atoms with Gasteiger partial charge in [-0.15, -0.1) is 0 Å². The lowest BCUT2D eigenvalue weighted by Crippen LogP contribution is -2.60. The number of carbonyl (C=O) groups excluding carboxylic acids is 5. The van der Waals surface area contributed by atoms with Gasteiger partial charge in [0.25, 0.3) is 0 Å². The molecule has 0 heterocycles. The number of nitrogens with zero attached hydrogens (tertiary/aromatic N) is 1. The number of hydrogen-bond donors (Lipinski definition) is 11. The van der Waals surface area contributed by atoms with Gasteiger partial charge in [-0.3, -0.25) is 29.0 Å². The van der Waals surface area contributed by atoms with Gasteiger partial charge in [-0.25, -0.2) is 9.59 Å². The molecule has 0 aromatic heterocycles. The zero-order valence-electron chi connectivity index (χ0n) is 32.6. The molecule has 0 bridgehead atoms. The van der Waals surface area contributed by atoms with Crippen LogP contribution in [-0.2, 0) is 39.9 Å². The summed E-state index contributed by atoms with van der Waals surface area (Å²) in [4.78, 5) is 94.5. The second-order valence-electron chi connectivity index (χ2n) is 14.5. The summed E-state index contributed by atoms with van der Waals surface area (Å²) in [6, 6.07) is -1.01. The summed E-state index contributed by atoms with van der Waals surface area (Å²) in [7, 11) is 0. The summed E-state index contributed by atoms with van der Waals surface area (Å²) >= 11 is 0. The van der Waals surface area contributed by atoms with Crippen LogP contribution in [-0.4, -0.2) is 112 Å². The average Bonchev–Trinajstić information content (AvgIpc) is 3.08. The second kappa shape index (κ2) is 24.0. The van der Waals surface area contributed by atoms with Crippen LogP contribution in [0.4, 0.5) is 4.79 Å². The van der Waals surface area contributed by atoms with Crippen molar-refractivity contribution < 1.29 is 53.6 Å². The first-order valence-electron chi connectivity index (χ1n) is 18.3. The van der Waals surface area contributed by atoms with Gasteiger partial charge in [-0.05, 0) is 89.5 Å². The highest BCUT2D eigenvalue weighted by Gasteiger charge is 2.34. The van der Waals surface area contributed by atoms with Gasteiger partial charge in [-0.1, -0.05) is 26.0 Å². The first kappa shape index (κ1) is 48.4. The molecular formula is C36H59N9O11. The highest BCUT2D eigenvalue weighted by Crippen LogP contribution is 2.13. The normalized spacial score (nSPS) is 13.8. The van der Waals surface area contributed by atoms with E-state index in [4.69, 9.17) is 21.9 Å². The number of carboxylic acids is 2. The maximum Gasteiger partial charge on any atom is 0.408 e. The number of aliphatic imine (C=N–C) groups is 1. The quantitative estimate of drug-likeness (QED) is 0.0359. The fourth-order valence-corrected chi connectivity index (χ4v) is 5.18. The van der Waals surface area contributed by atoms with Gasteiger partial charge in [0.2, 0.25) is 23.6 Å². The van der Waals surface area contributed by atoms with Crippen molar-refractivity contribution in [2.45, 2.75) is 122 Å². The Morgan fingerprint density at radius 3 is 1.75 bits per heavy atom. The lowest BCUT2D eigenvalue weighted by molar-refractivity contribution is -0.142. The molecule has 1 aromatic carbocycles. The number of aliphatic carboxylic acids is 2. The number of rotatable bonds is 24. The number of hydrogen-bond acceptors (Lipinski definition) is 11. The largest absolute Gasteiger partial charge is 0.508 e. The Morgan fingerprint density at radius 2 is 1.25 bits per heavy atom. The van der Waals surface area contributed by atoms with Crippen molar-refractivity contribution in [3.8, 4) is 5.75 Å². The van der Waals surface area contributed by atoms with E-state index in [9.17, 15) is 48.9 Å². The van der Waals surface area contributed by atoms with Crippen LogP contribution in [0.1, 0.15) is 85.1 Å². The number of phenolic OH excluding ortho intramolecular Hbond substituents is 1. The van der Waals surface area contributed by atoms with Gasteiger partial charge in [0.05, 0.1) is 0 Å². The van der Waals surface area contributed by atoms with Gasteiger partial charge in [0, 0.05) is 19.4 Å². The monoisotopic (exact) mass is 793 g/mol. The third kappa shape index (κ3) is 19.6. The van der Waals surface area contributed by atoms with Crippen molar-refractivity contribution in [3.63, 3.8) is 0 Å². The molecule has 0 aliphatic rings. The minimum absolute atomic E-state index is 0.0311. The molecule has 0 saturated carbocycles. The summed E-state index contributed by atoms with van der Waals surface area (Å²) in [5, 5.41) is 41.3. The van der Waals surface area contributed by atoms with Crippen LogP contribution in [0.15, 0.2) is 29.3 Å². The Labute approximate surface area is 326 Å². The number of phenols is 1. The lowest BCUT2D eigenvalue weighted by Gasteiger charge is -2.28. The number of amides is 5. The van der Waals surface area contributed by atoms with E-state index in [0.29, 0.717) is 18.4 Å². The van der Waals surface area contributed by atoms with Gasteiger partial charge in [0.1, 0.15) is 41.6 Å². The summed E-state index contributed by atoms with van der Waals surface area (Å²) < 4.78 is 5.30. The van der Waals surface area contributed by atoms with Crippen LogP contribution in [0.3, 0.4) is 0 Å². The molecule has 1 rings (SSSR count). The van der Waals surface area contributed by atoms with Crippen LogP contribution in [0.5, 0.6) is 5.75 Å². The average molecular weight is 794 g/mol. The van der Waals surface area contributed by atoms with E-state index >= 15 is 0 Å². The van der Waals surface area contributed by atoms with Crippen molar-refractivity contribution in [1.29, 1.82) is 0 Å². The lowest BCUT2D eigenvalue weighted by atomic mass is 10.00. The second-order valence-corrected chi connectivity index (χ2v) is 14.5. The number of ether oxygens (including phenoxy) is 1. The Morgan fingerprint density at radius 1 is 0.732 bits per heavy atom. The molecule has 20 nitrogen and oxygen atoms in total. The Bertz CT molecular complexity index is 1510. The fraction of sp³-hybridized carbons (Fsp3) is 0.611. The fourth-order valence-electron chi connectivity index (χ4n) is 5.18. The predicted octanol–water partition coefficient (Wildman–Crippen LogP) is -0.445. The number of nitrogens with one attached hydrogen (secondary N) is 5. The van der Waals surface area contributed by atoms with Crippen LogP contribution >= 0.6 is 0 Å². The highest BCUT2D eigenvalue weighted by molar-refractivity contribution is 5.96. The Kier molecular flexibility index (Phi) is 20.7. The first-order valence-corrected chi connectivity index (χ1v) is 18.3. The molecule has 0 aliphatic heterocycles. The molecule has 14 N–H and O–H groups in total. The minimum atomic E-state index is -1.51. The number of nitrogens with two attached hydrogens (primary N) is 3. The Hall–Kier alpha value is -5.66. The number of benzene rings is 1. The molecule has 5 atom stereocenters. The van der Waals surface area contributed by atoms with E-state index in [0.717, 1.165) is 0 Å². The van der Waals surface area contributed by atoms with Gasteiger partial charge < -0.3 is 63.8 Å².